The van der Waals surface area contributed by atoms with E-state index in [4.69, 9.17) is 16.3 Å². The number of amides is 2. The summed E-state index contributed by atoms with van der Waals surface area (Å²) in [6.45, 7) is 4.39. The van der Waals surface area contributed by atoms with Gasteiger partial charge in [-0.15, -0.1) is 6.58 Å². The zero-order valence-electron chi connectivity index (χ0n) is 14.6. The fraction of sp³-hybridized carbons (Fsp3) is 0.200. The first-order valence-corrected chi connectivity index (χ1v) is 8.46. The zero-order valence-corrected chi connectivity index (χ0v) is 15.3. The molecule has 2 rings (SSSR count). The molecule has 0 aromatic heterocycles. The molecule has 5 nitrogen and oxygen atoms in total. The van der Waals surface area contributed by atoms with Gasteiger partial charge in [-0.05, 0) is 35.9 Å². The van der Waals surface area contributed by atoms with E-state index >= 15 is 0 Å². The van der Waals surface area contributed by atoms with E-state index in [0.717, 1.165) is 11.3 Å². The summed E-state index contributed by atoms with van der Waals surface area (Å²) in [5.41, 5.74) is 1.37. The fourth-order valence-electron chi connectivity index (χ4n) is 2.36. The maximum Gasteiger partial charge on any atom is 0.251 e. The van der Waals surface area contributed by atoms with Crippen molar-refractivity contribution in [3.05, 3.63) is 77.3 Å². The summed E-state index contributed by atoms with van der Waals surface area (Å²) in [6, 6.07) is 14.0. The van der Waals surface area contributed by atoms with Crippen molar-refractivity contribution in [1.82, 2.24) is 10.2 Å². The standard InChI is InChI=1S/C20H21ClN2O3/c1-3-11-23(14-15-7-9-18(26-2)10-8-15)19(24)13-22-20(25)16-5-4-6-17(21)12-16/h3-10,12H,1,11,13-14H2,2H3,(H,22,25). The number of nitrogens with zero attached hydrogens (tertiary/aromatic N) is 1. The summed E-state index contributed by atoms with van der Waals surface area (Å²) in [5, 5.41) is 3.10. The summed E-state index contributed by atoms with van der Waals surface area (Å²) >= 11 is 5.88. The van der Waals surface area contributed by atoms with Gasteiger partial charge in [0.15, 0.2) is 0 Å². The molecular weight excluding hydrogens is 352 g/mol. The number of ether oxygens (including phenoxy) is 1. The SMILES string of the molecule is C=CCN(Cc1ccc(OC)cc1)C(=O)CNC(=O)c1cccc(Cl)c1. The second-order valence-corrected chi connectivity index (χ2v) is 6.04. The monoisotopic (exact) mass is 372 g/mol. The molecule has 0 unspecified atom stereocenters. The third-order valence-corrected chi connectivity index (χ3v) is 3.96. The summed E-state index contributed by atoms with van der Waals surface area (Å²) in [6.07, 6.45) is 1.65. The van der Waals surface area contributed by atoms with E-state index in [1.54, 1.807) is 42.4 Å². The summed E-state index contributed by atoms with van der Waals surface area (Å²) in [5.74, 6) is 0.212. The third kappa shape index (κ3) is 5.63. The number of rotatable bonds is 8. The Bertz CT molecular complexity index is 775. The molecule has 0 aliphatic rings. The smallest absolute Gasteiger partial charge is 0.251 e. The highest BCUT2D eigenvalue weighted by Gasteiger charge is 2.15. The van der Waals surface area contributed by atoms with Crippen LogP contribution in [-0.2, 0) is 11.3 Å². The molecule has 0 aliphatic heterocycles. The third-order valence-electron chi connectivity index (χ3n) is 3.72. The normalized spacial score (nSPS) is 10.1. The number of nitrogens with one attached hydrogen (secondary N) is 1. The Kier molecular flexibility index (Phi) is 7.24. The Hall–Kier alpha value is -2.79. The molecule has 0 spiro atoms. The van der Waals surface area contributed by atoms with Crippen molar-refractivity contribution in [3.8, 4) is 5.75 Å². The van der Waals surface area contributed by atoms with E-state index in [1.807, 2.05) is 24.3 Å². The van der Waals surface area contributed by atoms with Crippen LogP contribution in [0.5, 0.6) is 5.75 Å². The highest BCUT2D eigenvalue weighted by Crippen LogP contribution is 2.13. The van der Waals surface area contributed by atoms with Crippen LogP contribution in [0.25, 0.3) is 0 Å². The Morgan fingerprint density at radius 1 is 1.23 bits per heavy atom. The van der Waals surface area contributed by atoms with Gasteiger partial charge < -0.3 is 15.0 Å². The predicted octanol–water partition coefficient (Wildman–Crippen LogP) is 3.29. The van der Waals surface area contributed by atoms with Crippen molar-refractivity contribution in [2.24, 2.45) is 0 Å². The maximum atomic E-state index is 12.5. The van der Waals surface area contributed by atoms with Crippen LogP contribution in [0.1, 0.15) is 15.9 Å². The molecule has 0 fully saturated rings. The molecule has 0 atom stereocenters. The van der Waals surface area contributed by atoms with Crippen LogP contribution < -0.4 is 10.1 Å². The number of carbonyl (C=O) groups is 2. The Balaban J connectivity index is 1.96. The second kappa shape index (κ2) is 9.63. The van der Waals surface area contributed by atoms with E-state index in [2.05, 4.69) is 11.9 Å². The highest BCUT2D eigenvalue weighted by atomic mass is 35.5. The zero-order chi connectivity index (χ0) is 18.9. The lowest BCUT2D eigenvalue weighted by Gasteiger charge is -2.21. The Morgan fingerprint density at radius 2 is 1.96 bits per heavy atom. The molecule has 26 heavy (non-hydrogen) atoms. The van der Waals surface area contributed by atoms with Crippen LogP contribution in [0.4, 0.5) is 0 Å². The Labute approximate surface area is 158 Å². The molecule has 0 radical (unpaired) electrons. The first-order valence-electron chi connectivity index (χ1n) is 8.09. The molecule has 136 valence electrons. The topological polar surface area (TPSA) is 58.6 Å². The van der Waals surface area contributed by atoms with Gasteiger partial charge in [-0.2, -0.15) is 0 Å². The van der Waals surface area contributed by atoms with Crippen molar-refractivity contribution >= 4 is 23.4 Å². The molecule has 0 saturated carbocycles. The predicted molar refractivity (Wildman–Crippen MR) is 102 cm³/mol. The van der Waals surface area contributed by atoms with Gasteiger partial charge in [-0.3, -0.25) is 9.59 Å². The molecule has 2 aromatic carbocycles. The van der Waals surface area contributed by atoms with Gasteiger partial charge in [-0.25, -0.2) is 0 Å². The molecule has 0 aliphatic carbocycles. The van der Waals surface area contributed by atoms with Gasteiger partial charge in [0.05, 0.1) is 13.7 Å². The van der Waals surface area contributed by atoms with E-state index in [1.165, 1.54) is 0 Å². The molecule has 0 heterocycles. The van der Waals surface area contributed by atoms with Crippen LogP contribution in [0.15, 0.2) is 61.2 Å². The minimum Gasteiger partial charge on any atom is -0.497 e. The average Bonchev–Trinajstić information content (AvgIpc) is 2.66. The lowest BCUT2D eigenvalue weighted by Crippen LogP contribution is -2.40. The first-order chi connectivity index (χ1) is 12.5. The van der Waals surface area contributed by atoms with Crippen LogP contribution >= 0.6 is 11.6 Å². The quantitative estimate of drug-likeness (QED) is 0.723. The molecule has 0 bridgehead atoms. The lowest BCUT2D eigenvalue weighted by molar-refractivity contribution is -0.130. The van der Waals surface area contributed by atoms with Crippen molar-refractivity contribution in [2.45, 2.75) is 6.54 Å². The van der Waals surface area contributed by atoms with Gasteiger partial charge >= 0.3 is 0 Å². The van der Waals surface area contributed by atoms with E-state index in [0.29, 0.717) is 23.7 Å². The van der Waals surface area contributed by atoms with Crippen molar-refractivity contribution in [1.29, 1.82) is 0 Å². The minimum atomic E-state index is -0.344. The Morgan fingerprint density at radius 3 is 2.58 bits per heavy atom. The first kappa shape index (κ1) is 19.5. The van der Waals surface area contributed by atoms with Gasteiger partial charge in [-0.1, -0.05) is 35.9 Å². The average molecular weight is 373 g/mol. The van der Waals surface area contributed by atoms with Gasteiger partial charge in [0.1, 0.15) is 5.75 Å². The molecular formula is C20H21ClN2O3. The number of hydrogen-bond acceptors (Lipinski definition) is 3. The van der Waals surface area contributed by atoms with Gasteiger partial charge in [0, 0.05) is 23.7 Å². The highest BCUT2D eigenvalue weighted by molar-refractivity contribution is 6.30. The van der Waals surface area contributed by atoms with Gasteiger partial charge in [0.2, 0.25) is 5.91 Å². The van der Waals surface area contributed by atoms with Gasteiger partial charge in [0.25, 0.3) is 5.91 Å². The molecule has 2 amide bonds. The lowest BCUT2D eigenvalue weighted by atomic mass is 10.2. The number of methoxy groups -OCH3 is 1. The summed E-state index contributed by atoms with van der Waals surface area (Å²) < 4.78 is 5.13. The van der Waals surface area contributed by atoms with E-state index in [9.17, 15) is 9.59 Å². The fourth-order valence-corrected chi connectivity index (χ4v) is 2.55. The van der Waals surface area contributed by atoms with Crippen molar-refractivity contribution in [2.75, 3.05) is 20.2 Å². The van der Waals surface area contributed by atoms with Crippen molar-refractivity contribution in [3.63, 3.8) is 0 Å². The molecule has 2 aromatic rings. The minimum absolute atomic E-state index is 0.102. The number of hydrogen-bond donors (Lipinski definition) is 1. The summed E-state index contributed by atoms with van der Waals surface area (Å²) in [4.78, 5) is 26.2. The molecule has 1 N–H and O–H groups in total. The van der Waals surface area contributed by atoms with Crippen LogP contribution in [-0.4, -0.2) is 36.9 Å². The second-order valence-electron chi connectivity index (χ2n) is 5.60. The summed E-state index contributed by atoms with van der Waals surface area (Å²) in [7, 11) is 1.60. The van der Waals surface area contributed by atoms with Crippen LogP contribution in [0, 0.1) is 0 Å². The van der Waals surface area contributed by atoms with E-state index in [-0.39, 0.29) is 18.4 Å². The molecule has 6 heteroatoms. The van der Waals surface area contributed by atoms with Crippen molar-refractivity contribution < 1.29 is 14.3 Å². The number of carbonyl (C=O) groups excluding carboxylic acids is 2. The molecule has 0 saturated heterocycles. The number of halogens is 1. The largest absolute Gasteiger partial charge is 0.497 e. The van der Waals surface area contributed by atoms with Crippen LogP contribution in [0.3, 0.4) is 0 Å². The van der Waals surface area contributed by atoms with Crippen LogP contribution in [0.2, 0.25) is 5.02 Å². The van der Waals surface area contributed by atoms with E-state index < -0.39 is 0 Å². The maximum absolute atomic E-state index is 12.5. The number of benzene rings is 2.